The summed E-state index contributed by atoms with van der Waals surface area (Å²) in [4.78, 5) is 22.7. The first-order chi connectivity index (χ1) is 11.0. The van der Waals surface area contributed by atoms with Gasteiger partial charge >= 0.3 is 0 Å². The van der Waals surface area contributed by atoms with Crippen molar-refractivity contribution in [2.75, 3.05) is 18.8 Å². The summed E-state index contributed by atoms with van der Waals surface area (Å²) in [6, 6.07) is 10.3. The van der Waals surface area contributed by atoms with Crippen LogP contribution in [0.15, 0.2) is 30.3 Å². The molecule has 0 radical (unpaired) electrons. The van der Waals surface area contributed by atoms with Crippen LogP contribution in [0.2, 0.25) is 0 Å². The Morgan fingerprint density at radius 2 is 2.09 bits per heavy atom. The van der Waals surface area contributed by atoms with E-state index in [-0.39, 0.29) is 11.9 Å². The number of piperidine rings is 1. The first kappa shape index (κ1) is 15.5. The van der Waals surface area contributed by atoms with Crippen LogP contribution in [0, 0.1) is 13.8 Å². The van der Waals surface area contributed by atoms with Crippen LogP contribution in [0.3, 0.4) is 0 Å². The van der Waals surface area contributed by atoms with Gasteiger partial charge in [0.15, 0.2) is 0 Å². The second-order valence-corrected chi connectivity index (χ2v) is 6.26. The first-order valence-corrected chi connectivity index (χ1v) is 8.00. The molecule has 1 fully saturated rings. The molecule has 5 heteroatoms. The normalized spacial score (nSPS) is 18.0. The molecule has 1 atom stereocenters. The highest BCUT2D eigenvalue weighted by Gasteiger charge is 2.26. The monoisotopic (exact) mass is 310 g/mol. The molecular formula is C18H22N4O. The molecule has 2 heterocycles. The Morgan fingerprint density at radius 3 is 2.83 bits per heavy atom. The van der Waals surface area contributed by atoms with Gasteiger partial charge in [-0.3, -0.25) is 4.79 Å². The molecule has 120 valence electrons. The SMILES string of the molecule is Cc1cccc(C2CCCN(C(=O)c3cc(C)nc(N)n3)C2)c1. The third-order valence-electron chi connectivity index (χ3n) is 4.31. The standard InChI is InChI=1S/C18H22N4O/c1-12-5-3-6-14(9-12)15-7-4-8-22(11-15)17(23)16-10-13(2)20-18(19)21-16/h3,5-6,9-10,15H,4,7-8,11H2,1-2H3,(H2,19,20,21). The molecule has 1 aromatic heterocycles. The lowest BCUT2D eigenvalue weighted by molar-refractivity contribution is 0.0701. The number of aryl methyl sites for hydroxylation is 2. The molecule has 1 aliphatic heterocycles. The number of carbonyl (C=O) groups excluding carboxylic acids is 1. The Labute approximate surface area is 136 Å². The molecule has 1 amide bonds. The lowest BCUT2D eigenvalue weighted by atomic mass is 9.89. The summed E-state index contributed by atoms with van der Waals surface area (Å²) in [6.45, 7) is 5.41. The summed E-state index contributed by atoms with van der Waals surface area (Å²) in [6.07, 6.45) is 2.11. The smallest absolute Gasteiger partial charge is 0.272 e. The summed E-state index contributed by atoms with van der Waals surface area (Å²) in [5.74, 6) is 0.480. The van der Waals surface area contributed by atoms with Crippen molar-refractivity contribution in [2.24, 2.45) is 0 Å². The van der Waals surface area contributed by atoms with Crippen molar-refractivity contribution in [3.63, 3.8) is 0 Å². The number of anilines is 1. The van der Waals surface area contributed by atoms with Crippen molar-refractivity contribution in [3.05, 3.63) is 52.8 Å². The number of benzene rings is 1. The van der Waals surface area contributed by atoms with Crippen LogP contribution in [0.1, 0.15) is 46.1 Å². The number of hydrogen-bond acceptors (Lipinski definition) is 4. The van der Waals surface area contributed by atoms with E-state index in [1.54, 1.807) is 6.07 Å². The zero-order valence-corrected chi connectivity index (χ0v) is 13.6. The third-order valence-corrected chi connectivity index (χ3v) is 4.31. The lowest BCUT2D eigenvalue weighted by Crippen LogP contribution is -2.39. The van der Waals surface area contributed by atoms with Crippen LogP contribution >= 0.6 is 0 Å². The van der Waals surface area contributed by atoms with Crippen molar-refractivity contribution >= 4 is 11.9 Å². The molecule has 3 rings (SSSR count). The van der Waals surface area contributed by atoms with Crippen molar-refractivity contribution < 1.29 is 4.79 Å². The Balaban J connectivity index is 1.79. The van der Waals surface area contributed by atoms with Gasteiger partial charge in [-0.1, -0.05) is 29.8 Å². The molecule has 0 bridgehead atoms. The van der Waals surface area contributed by atoms with Crippen LogP contribution in [0.4, 0.5) is 5.95 Å². The molecule has 1 saturated heterocycles. The topological polar surface area (TPSA) is 72.1 Å². The van der Waals surface area contributed by atoms with Gasteiger partial charge in [-0.25, -0.2) is 9.97 Å². The molecular weight excluding hydrogens is 288 g/mol. The summed E-state index contributed by atoms with van der Waals surface area (Å²) in [7, 11) is 0. The molecule has 0 saturated carbocycles. The minimum absolute atomic E-state index is 0.0560. The number of carbonyl (C=O) groups is 1. The van der Waals surface area contributed by atoms with Gasteiger partial charge in [-0.15, -0.1) is 0 Å². The second kappa shape index (κ2) is 6.36. The van der Waals surface area contributed by atoms with Gasteiger partial charge in [0.2, 0.25) is 5.95 Å². The highest BCUT2D eigenvalue weighted by atomic mass is 16.2. The van der Waals surface area contributed by atoms with Gasteiger partial charge in [0.05, 0.1) is 0 Å². The number of likely N-dealkylation sites (tertiary alicyclic amines) is 1. The van der Waals surface area contributed by atoms with Gasteiger partial charge in [0.25, 0.3) is 5.91 Å². The molecule has 23 heavy (non-hydrogen) atoms. The van der Waals surface area contributed by atoms with Crippen molar-refractivity contribution in [1.29, 1.82) is 0 Å². The second-order valence-electron chi connectivity index (χ2n) is 6.26. The Morgan fingerprint density at radius 1 is 1.26 bits per heavy atom. The average Bonchev–Trinajstić information content (AvgIpc) is 2.53. The van der Waals surface area contributed by atoms with Gasteiger partial charge in [-0.2, -0.15) is 0 Å². The summed E-state index contributed by atoms with van der Waals surface area (Å²) < 4.78 is 0. The number of hydrogen-bond donors (Lipinski definition) is 1. The van der Waals surface area contributed by atoms with Gasteiger partial charge in [-0.05, 0) is 38.3 Å². The largest absolute Gasteiger partial charge is 0.368 e. The lowest BCUT2D eigenvalue weighted by Gasteiger charge is -2.33. The molecule has 0 aliphatic carbocycles. The zero-order chi connectivity index (χ0) is 16.4. The minimum atomic E-state index is -0.0560. The van der Waals surface area contributed by atoms with Gasteiger partial charge in [0, 0.05) is 24.7 Å². The number of nitrogen functional groups attached to an aromatic ring is 1. The predicted molar refractivity (Wildman–Crippen MR) is 90.2 cm³/mol. The van der Waals surface area contributed by atoms with Gasteiger partial charge < -0.3 is 10.6 Å². The van der Waals surface area contributed by atoms with E-state index in [0.29, 0.717) is 17.3 Å². The average molecular weight is 310 g/mol. The van der Waals surface area contributed by atoms with E-state index in [0.717, 1.165) is 25.9 Å². The Kier molecular flexibility index (Phi) is 4.28. The molecule has 1 aliphatic rings. The van der Waals surface area contributed by atoms with Crippen molar-refractivity contribution in [2.45, 2.75) is 32.6 Å². The van der Waals surface area contributed by atoms with E-state index in [2.05, 4.69) is 41.2 Å². The summed E-state index contributed by atoms with van der Waals surface area (Å²) >= 11 is 0. The Bertz CT molecular complexity index is 708. The highest BCUT2D eigenvalue weighted by Crippen LogP contribution is 2.28. The quantitative estimate of drug-likeness (QED) is 0.925. The fourth-order valence-corrected chi connectivity index (χ4v) is 3.22. The minimum Gasteiger partial charge on any atom is -0.368 e. The van der Waals surface area contributed by atoms with E-state index in [9.17, 15) is 4.79 Å². The molecule has 5 nitrogen and oxygen atoms in total. The fourth-order valence-electron chi connectivity index (χ4n) is 3.22. The summed E-state index contributed by atoms with van der Waals surface area (Å²) in [5.41, 5.74) is 9.33. The maximum atomic E-state index is 12.7. The van der Waals surface area contributed by atoms with Crippen LogP contribution in [0.5, 0.6) is 0 Å². The van der Waals surface area contributed by atoms with E-state index in [1.807, 2.05) is 11.8 Å². The molecule has 2 N–H and O–H groups in total. The molecule has 1 unspecified atom stereocenters. The zero-order valence-electron chi connectivity index (χ0n) is 13.6. The van der Waals surface area contributed by atoms with Crippen LogP contribution in [0.25, 0.3) is 0 Å². The molecule has 1 aromatic carbocycles. The molecule has 2 aromatic rings. The van der Waals surface area contributed by atoms with Crippen LogP contribution in [-0.2, 0) is 0 Å². The third kappa shape index (κ3) is 3.50. The van der Waals surface area contributed by atoms with Gasteiger partial charge in [0.1, 0.15) is 5.69 Å². The predicted octanol–water partition coefficient (Wildman–Crippen LogP) is 2.70. The van der Waals surface area contributed by atoms with E-state index in [1.165, 1.54) is 11.1 Å². The number of rotatable bonds is 2. The molecule has 0 spiro atoms. The summed E-state index contributed by atoms with van der Waals surface area (Å²) in [5, 5.41) is 0. The van der Waals surface area contributed by atoms with Crippen molar-refractivity contribution in [1.82, 2.24) is 14.9 Å². The number of nitrogens with zero attached hydrogens (tertiary/aromatic N) is 3. The van der Waals surface area contributed by atoms with Crippen LogP contribution in [-0.4, -0.2) is 33.9 Å². The number of nitrogens with two attached hydrogens (primary N) is 1. The van der Waals surface area contributed by atoms with E-state index < -0.39 is 0 Å². The number of amides is 1. The maximum Gasteiger partial charge on any atom is 0.272 e. The first-order valence-electron chi connectivity index (χ1n) is 8.00. The highest BCUT2D eigenvalue weighted by molar-refractivity contribution is 5.92. The van der Waals surface area contributed by atoms with E-state index >= 15 is 0 Å². The fraction of sp³-hybridized carbons (Fsp3) is 0.389. The number of aromatic nitrogens is 2. The van der Waals surface area contributed by atoms with Crippen molar-refractivity contribution in [3.8, 4) is 0 Å². The Hall–Kier alpha value is -2.43. The van der Waals surface area contributed by atoms with Crippen LogP contribution < -0.4 is 5.73 Å². The maximum absolute atomic E-state index is 12.7. The van der Waals surface area contributed by atoms with E-state index in [4.69, 9.17) is 5.73 Å².